The normalized spacial score (nSPS) is 14.6. The van der Waals surface area contributed by atoms with Crippen LogP contribution < -0.4 is 5.32 Å². The Labute approximate surface area is 171 Å². The summed E-state index contributed by atoms with van der Waals surface area (Å²) in [4.78, 5) is 29.2. The predicted octanol–water partition coefficient (Wildman–Crippen LogP) is 2.24. The Hall–Kier alpha value is -2.23. The molecule has 1 aromatic carbocycles. The lowest BCUT2D eigenvalue weighted by Gasteiger charge is -2.28. The number of benzene rings is 1. The van der Waals surface area contributed by atoms with Gasteiger partial charge in [0.05, 0.1) is 13.2 Å². The Bertz CT molecular complexity index is 761. The summed E-state index contributed by atoms with van der Waals surface area (Å²) in [6, 6.07) is 8.67. The number of rotatable bonds is 8. The quantitative estimate of drug-likeness (QED) is 0.663. The van der Waals surface area contributed by atoms with Gasteiger partial charge in [0.1, 0.15) is 12.8 Å². The van der Waals surface area contributed by atoms with Crippen LogP contribution >= 0.6 is 15.9 Å². The predicted molar refractivity (Wildman–Crippen MR) is 107 cm³/mol. The second-order valence-corrected chi connectivity index (χ2v) is 7.39. The maximum absolute atomic E-state index is 12.9. The highest BCUT2D eigenvalue weighted by molar-refractivity contribution is 9.10. The van der Waals surface area contributed by atoms with Gasteiger partial charge in [0.25, 0.3) is 5.91 Å². The fourth-order valence-corrected chi connectivity index (χ4v) is 3.23. The Morgan fingerprint density at radius 3 is 2.61 bits per heavy atom. The van der Waals surface area contributed by atoms with Crippen LogP contribution in [0.25, 0.3) is 0 Å². The first-order valence-corrected chi connectivity index (χ1v) is 9.96. The zero-order chi connectivity index (χ0) is 19.8. The minimum atomic E-state index is -0.314. The highest BCUT2D eigenvalue weighted by Gasteiger charge is 2.20. The minimum absolute atomic E-state index is 0.0507. The fraction of sp³-hybridized carbons (Fsp3) is 0.421. The molecule has 0 aliphatic carbocycles. The molecule has 1 fully saturated rings. The molecule has 1 N–H and O–H groups in total. The number of aromatic nitrogens is 1. The minimum Gasteiger partial charge on any atom is -0.379 e. The van der Waals surface area contributed by atoms with E-state index < -0.39 is 0 Å². The van der Waals surface area contributed by atoms with Crippen molar-refractivity contribution < 1.29 is 18.8 Å². The molecule has 0 atom stereocenters. The van der Waals surface area contributed by atoms with Crippen molar-refractivity contribution in [3.05, 3.63) is 46.6 Å². The van der Waals surface area contributed by atoms with Gasteiger partial charge in [-0.05, 0) is 30.7 Å². The van der Waals surface area contributed by atoms with Gasteiger partial charge in [0.15, 0.2) is 5.82 Å². The Morgan fingerprint density at radius 1 is 1.18 bits per heavy atom. The summed E-state index contributed by atoms with van der Waals surface area (Å²) in [7, 11) is 0. The van der Waals surface area contributed by atoms with Crippen molar-refractivity contribution in [1.29, 1.82) is 0 Å². The van der Waals surface area contributed by atoms with Crippen molar-refractivity contribution in [3.63, 3.8) is 0 Å². The smallest absolute Gasteiger partial charge is 0.254 e. The SMILES string of the molecule is O=C(CN(CCCN1CCOCC1)C(=O)c1ccc(Br)cc1)Nc1ccon1. The lowest BCUT2D eigenvalue weighted by atomic mass is 10.2. The third-order valence-electron chi connectivity index (χ3n) is 4.42. The van der Waals surface area contributed by atoms with E-state index >= 15 is 0 Å². The summed E-state index contributed by atoms with van der Waals surface area (Å²) < 4.78 is 11.0. The number of nitrogens with zero attached hydrogens (tertiary/aromatic N) is 3. The number of ether oxygens (including phenoxy) is 1. The molecule has 0 spiro atoms. The van der Waals surface area contributed by atoms with E-state index in [1.807, 2.05) is 12.1 Å². The van der Waals surface area contributed by atoms with Crippen molar-refractivity contribution >= 4 is 33.6 Å². The number of carbonyl (C=O) groups is 2. The Morgan fingerprint density at radius 2 is 1.93 bits per heavy atom. The van der Waals surface area contributed by atoms with Gasteiger partial charge in [0.2, 0.25) is 5.91 Å². The van der Waals surface area contributed by atoms with Gasteiger partial charge in [-0.25, -0.2) is 0 Å². The van der Waals surface area contributed by atoms with E-state index in [0.29, 0.717) is 17.9 Å². The number of hydrogen-bond donors (Lipinski definition) is 1. The summed E-state index contributed by atoms with van der Waals surface area (Å²) in [5, 5.41) is 6.30. The van der Waals surface area contributed by atoms with E-state index in [1.54, 1.807) is 23.1 Å². The first-order chi connectivity index (χ1) is 13.6. The van der Waals surface area contributed by atoms with Crippen LogP contribution in [0.15, 0.2) is 45.6 Å². The Kier molecular flexibility index (Phi) is 7.58. The molecule has 1 aliphatic heterocycles. The molecule has 0 bridgehead atoms. The first kappa shape index (κ1) is 20.5. The van der Waals surface area contributed by atoms with E-state index in [-0.39, 0.29) is 18.4 Å². The van der Waals surface area contributed by atoms with Crippen LogP contribution in [0.5, 0.6) is 0 Å². The summed E-state index contributed by atoms with van der Waals surface area (Å²) in [6.45, 7) is 4.56. The molecule has 150 valence electrons. The third-order valence-corrected chi connectivity index (χ3v) is 4.95. The highest BCUT2D eigenvalue weighted by atomic mass is 79.9. The van der Waals surface area contributed by atoms with Crippen LogP contribution in [0.3, 0.4) is 0 Å². The lowest BCUT2D eigenvalue weighted by Crippen LogP contribution is -2.41. The van der Waals surface area contributed by atoms with Crippen LogP contribution in [0.2, 0.25) is 0 Å². The summed E-state index contributed by atoms with van der Waals surface area (Å²) >= 11 is 3.37. The summed E-state index contributed by atoms with van der Waals surface area (Å²) in [6.07, 6.45) is 2.15. The van der Waals surface area contributed by atoms with E-state index in [2.05, 4.69) is 31.3 Å². The Balaban J connectivity index is 1.60. The third kappa shape index (κ3) is 6.15. The van der Waals surface area contributed by atoms with E-state index in [0.717, 1.165) is 43.7 Å². The lowest BCUT2D eigenvalue weighted by molar-refractivity contribution is -0.117. The molecule has 9 heteroatoms. The van der Waals surface area contributed by atoms with Crippen LogP contribution in [-0.4, -0.2) is 72.7 Å². The molecular weight excluding hydrogens is 428 g/mol. The molecule has 0 unspecified atom stereocenters. The van der Waals surface area contributed by atoms with Crippen molar-refractivity contribution in [2.75, 3.05) is 51.3 Å². The van der Waals surface area contributed by atoms with E-state index in [1.165, 1.54) is 6.26 Å². The highest BCUT2D eigenvalue weighted by Crippen LogP contribution is 2.13. The average molecular weight is 451 g/mol. The molecule has 8 nitrogen and oxygen atoms in total. The van der Waals surface area contributed by atoms with Crippen LogP contribution in [0.4, 0.5) is 5.82 Å². The van der Waals surface area contributed by atoms with Crippen LogP contribution in [0.1, 0.15) is 16.8 Å². The van der Waals surface area contributed by atoms with Gasteiger partial charge in [-0.2, -0.15) is 0 Å². The molecular formula is C19H23BrN4O4. The van der Waals surface area contributed by atoms with Crippen molar-refractivity contribution in [2.24, 2.45) is 0 Å². The van der Waals surface area contributed by atoms with Gasteiger partial charge in [-0.3, -0.25) is 14.5 Å². The van der Waals surface area contributed by atoms with Crippen molar-refractivity contribution in [1.82, 2.24) is 15.0 Å². The molecule has 2 aromatic rings. The molecule has 3 rings (SSSR count). The molecule has 1 saturated heterocycles. The zero-order valence-electron chi connectivity index (χ0n) is 15.5. The van der Waals surface area contributed by atoms with Crippen LogP contribution in [0, 0.1) is 0 Å². The molecule has 1 aromatic heterocycles. The molecule has 0 saturated carbocycles. The summed E-state index contributed by atoms with van der Waals surface area (Å²) in [5.41, 5.74) is 0.545. The molecule has 0 radical (unpaired) electrons. The first-order valence-electron chi connectivity index (χ1n) is 9.17. The molecule has 1 aliphatic rings. The monoisotopic (exact) mass is 450 g/mol. The maximum Gasteiger partial charge on any atom is 0.254 e. The number of amides is 2. The van der Waals surface area contributed by atoms with Crippen LogP contribution in [-0.2, 0) is 9.53 Å². The number of halogens is 1. The van der Waals surface area contributed by atoms with Gasteiger partial charge in [0, 0.05) is 42.3 Å². The average Bonchev–Trinajstić information content (AvgIpc) is 3.21. The molecule has 2 heterocycles. The van der Waals surface area contributed by atoms with E-state index in [9.17, 15) is 9.59 Å². The fourth-order valence-electron chi connectivity index (χ4n) is 2.97. The number of carbonyl (C=O) groups excluding carboxylic acids is 2. The molecule has 2 amide bonds. The van der Waals surface area contributed by atoms with E-state index in [4.69, 9.17) is 9.26 Å². The standard InChI is InChI=1S/C19H23BrN4O4/c20-16-4-2-15(3-5-16)19(26)24(8-1-7-23-9-12-27-13-10-23)14-18(25)21-17-6-11-28-22-17/h2-6,11H,1,7-10,12-14H2,(H,21,22,25). The zero-order valence-corrected chi connectivity index (χ0v) is 17.1. The molecule has 28 heavy (non-hydrogen) atoms. The number of morpholine rings is 1. The number of nitrogens with one attached hydrogen (secondary N) is 1. The number of anilines is 1. The van der Waals surface area contributed by atoms with Gasteiger partial charge < -0.3 is 19.5 Å². The van der Waals surface area contributed by atoms with Gasteiger partial charge in [-0.1, -0.05) is 21.1 Å². The number of hydrogen-bond acceptors (Lipinski definition) is 6. The second kappa shape index (κ2) is 10.4. The maximum atomic E-state index is 12.9. The largest absolute Gasteiger partial charge is 0.379 e. The van der Waals surface area contributed by atoms with Gasteiger partial charge in [-0.15, -0.1) is 0 Å². The van der Waals surface area contributed by atoms with Gasteiger partial charge >= 0.3 is 0 Å². The van der Waals surface area contributed by atoms with Crippen molar-refractivity contribution in [2.45, 2.75) is 6.42 Å². The second-order valence-electron chi connectivity index (χ2n) is 6.47. The van der Waals surface area contributed by atoms with Crippen molar-refractivity contribution in [3.8, 4) is 0 Å². The topological polar surface area (TPSA) is 87.9 Å². The summed E-state index contributed by atoms with van der Waals surface area (Å²) in [5.74, 6) is -0.162.